The molecule has 0 radical (unpaired) electrons. The molecule has 1 aliphatic heterocycles. The van der Waals surface area contributed by atoms with Gasteiger partial charge in [-0.2, -0.15) is 0 Å². The number of hydrogen-bond acceptors (Lipinski definition) is 4. The van der Waals surface area contributed by atoms with Crippen molar-refractivity contribution in [1.29, 1.82) is 0 Å². The van der Waals surface area contributed by atoms with Crippen LogP contribution in [0.2, 0.25) is 5.02 Å². The first-order chi connectivity index (χ1) is 11.5. The van der Waals surface area contributed by atoms with Crippen LogP contribution in [-0.2, 0) is 0 Å². The minimum Gasteiger partial charge on any atom is -0.399 e. The molecule has 1 amide bonds. The molecule has 2 heterocycles. The van der Waals surface area contributed by atoms with Gasteiger partial charge >= 0.3 is 0 Å². The first-order valence-corrected chi connectivity index (χ1v) is 7.82. The van der Waals surface area contributed by atoms with Gasteiger partial charge in [-0.05, 0) is 30.3 Å². The van der Waals surface area contributed by atoms with E-state index in [2.05, 4.69) is 10.3 Å². The van der Waals surface area contributed by atoms with Gasteiger partial charge in [-0.15, -0.1) is 0 Å². The Bertz CT molecular complexity index is 794. The number of nitrogens with two attached hydrogens (primary N) is 1. The number of anilines is 1. The van der Waals surface area contributed by atoms with Gasteiger partial charge < -0.3 is 16.0 Å². The second kappa shape index (κ2) is 6.88. The van der Waals surface area contributed by atoms with E-state index in [0.717, 1.165) is 11.8 Å². The fourth-order valence-electron chi connectivity index (χ4n) is 2.53. The quantitative estimate of drug-likeness (QED) is 0.896. The lowest BCUT2D eigenvalue weighted by molar-refractivity contribution is 0.0758. The predicted molar refractivity (Wildman–Crippen MR) is 91.0 cm³/mol. The van der Waals surface area contributed by atoms with Crippen molar-refractivity contribution in [2.24, 2.45) is 5.73 Å². The Morgan fingerprint density at radius 2 is 2.17 bits per heavy atom. The van der Waals surface area contributed by atoms with Crippen LogP contribution in [0.15, 0.2) is 54.0 Å². The highest BCUT2D eigenvalue weighted by Gasteiger charge is 2.24. The highest BCUT2D eigenvalue weighted by Crippen LogP contribution is 2.21. The molecule has 0 aliphatic carbocycles. The van der Waals surface area contributed by atoms with E-state index in [1.807, 2.05) is 18.2 Å². The Balaban J connectivity index is 1.73. The molecule has 5 nitrogen and oxygen atoms in total. The molecule has 0 unspecified atom stereocenters. The summed E-state index contributed by atoms with van der Waals surface area (Å²) in [4.78, 5) is 18.2. The van der Waals surface area contributed by atoms with Crippen molar-refractivity contribution in [1.82, 2.24) is 9.88 Å². The number of amides is 1. The van der Waals surface area contributed by atoms with Crippen molar-refractivity contribution in [2.75, 3.05) is 18.4 Å². The van der Waals surface area contributed by atoms with Crippen molar-refractivity contribution in [3.63, 3.8) is 0 Å². The summed E-state index contributed by atoms with van der Waals surface area (Å²) >= 11 is 5.72. The second-order valence-corrected chi connectivity index (χ2v) is 5.88. The van der Waals surface area contributed by atoms with Gasteiger partial charge in [0.25, 0.3) is 5.91 Å². The molecule has 7 heteroatoms. The number of nitrogens with zero attached hydrogens (tertiary/aromatic N) is 2. The highest BCUT2D eigenvalue weighted by atomic mass is 35.5. The van der Waals surface area contributed by atoms with E-state index < -0.39 is 11.7 Å². The van der Waals surface area contributed by atoms with Crippen LogP contribution in [0.4, 0.5) is 10.2 Å². The van der Waals surface area contributed by atoms with E-state index in [1.165, 1.54) is 17.0 Å². The lowest BCUT2D eigenvalue weighted by atomic mass is 10.1. The van der Waals surface area contributed by atoms with Crippen molar-refractivity contribution in [3.8, 4) is 0 Å². The first kappa shape index (κ1) is 16.3. The molecule has 2 aromatic rings. The molecule has 1 aromatic heterocycles. The summed E-state index contributed by atoms with van der Waals surface area (Å²) in [5, 5.41) is 3.42. The zero-order valence-corrected chi connectivity index (χ0v) is 13.6. The summed E-state index contributed by atoms with van der Waals surface area (Å²) in [6.07, 6.45) is 2.23. The van der Waals surface area contributed by atoms with Crippen LogP contribution in [-0.4, -0.2) is 28.9 Å². The molecule has 3 N–H and O–H groups in total. The molecule has 124 valence electrons. The molecule has 0 bridgehead atoms. The van der Waals surface area contributed by atoms with Crippen molar-refractivity contribution in [2.45, 2.75) is 6.42 Å². The normalized spacial score (nSPS) is 14.7. The van der Waals surface area contributed by atoms with E-state index in [0.29, 0.717) is 24.5 Å². The zero-order valence-electron chi connectivity index (χ0n) is 12.8. The van der Waals surface area contributed by atoms with Gasteiger partial charge in [0.1, 0.15) is 11.6 Å². The van der Waals surface area contributed by atoms with Crippen LogP contribution in [0.3, 0.4) is 0 Å². The maximum absolute atomic E-state index is 13.9. The second-order valence-electron chi connectivity index (χ2n) is 5.44. The molecule has 3 rings (SSSR count). The molecule has 0 saturated carbocycles. The summed E-state index contributed by atoms with van der Waals surface area (Å²) in [7, 11) is 0. The predicted octanol–water partition coefficient (Wildman–Crippen LogP) is 3.00. The van der Waals surface area contributed by atoms with Gasteiger partial charge in [0.15, 0.2) is 0 Å². The molecule has 24 heavy (non-hydrogen) atoms. The van der Waals surface area contributed by atoms with Crippen molar-refractivity contribution >= 4 is 23.3 Å². The molecule has 0 spiro atoms. The van der Waals surface area contributed by atoms with Gasteiger partial charge in [0.2, 0.25) is 0 Å². The SMILES string of the molecule is NC1=C(Nc2ccccn2)CCN(C(=O)c2ccc(Cl)cc2F)C1. The highest BCUT2D eigenvalue weighted by molar-refractivity contribution is 6.30. The standard InChI is InChI=1S/C17H16ClFN4O/c18-11-4-5-12(13(19)9-11)17(24)23-8-6-15(14(20)10-23)22-16-3-1-2-7-21-16/h1-5,7,9H,6,8,10,20H2,(H,21,22). The molecule has 0 atom stereocenters. The number of halogens is 2. The number of carbonyl (C=O) groups is 1. The summed E-state index contributed by atoms with van der Waals surface area (Å²) in [6, 6.07) is 9.54. The van der Waals surface area contributed by atoms with Gasteiger partial charge in [0.05, 0.1) is 12.1 Å². The number of aromatic nitrogens is 1. The third-order valence-electron chi connectivity index (χ3n) is 3.77. The van der Waals surface area contributed by atoms with Crippen LogP contribution in [0.25, 0.3) is 0 Å². The topological polar surface area (TPSA) is 71.2 Å². The number of rotatable bonds is 3. The zero-order chi connectivity index (χ0) is 17.1. The summed E-state index contributed by atoms with van der Waals surface area (Å²) < 4.78 is 13.9. The number of benzene rings is 1. The van der Waals surface area contributed by atoms with E-state index in [9.17, 15) is 9.18 Å². The fourth-order valence-corrected chi connectivity index (χ4v) is 2.69. The number of carbonyl (C=O) groups excluding carboxylic acids is 1. The average molecular weight is 347 g/mol. The first-order valence-electron chi connectivity index (χ1n) is 7.44. The van der Waals surface area contributed by atoms with Gasteiger partial charge in [0, 0.05) is 35.6 Å². The fraction of sp³-hybridized carbons (Fsp3) is 0.176. The lowest BCUT2D eigenvalue weighted by Gasteiger charge is -2.29. The van der Waals surface area contributed by atoms with Gasteiger partial charge in [-0.1, -0.05) is 17.7 Å². The molecule has 1 aliphatic rings. The Morgan fingerprint density at radius 1 is 1.33 bits per heavy atom. The number of hydrogen-bond donors (Lipinski definition) is 2. The summed E-state index contributed by atoms with van der Waals surface area (Å²) in [5.74, 6) is -0.338. The molecule has 0 saturated heterocycles. The van der Waals surface area contributed by atoms with E-state index in [-0.39, 0.29) is 17.1 Å². The van der Waals surface area contributed by atoms with Crippen LogP contribution >= 0.6 is 11.6 Å². The number of pyridine rings is 1. The summed E-state index contributed by atoms with van der Waals surface area (Å²) in [5.41, 5.74) is 7.43. The van der Waals surface area contributed by atoms with E-state index in [4.69, 9.17) is 17.3 Å². The third-order valence-corrected chi connectivity index (χ3v) is 4.01. The Morgan fingerprint density at radius 3 is 2.83 bits per heavy atom. The molecular weight excluding hydrogens is 331 g/mol. The monoisotopic (exact) mass is 346 g/mol. The smallest absolute Gasteiger partial charge is 0.257 e. The Hall–Kier alpha value is -2.60. The molecule has 0 fully saturated rings. The van der Waals surface area contributed by atoms with Crippen LogP contribution in [0.5, 0.6) is 0 Å². The van der Waals surface area contributed by atoms with Crippen LogP contribution < -0.4 is 11.1 Å². The molecule has 1 aromatic carbocycles. The van der Waals surface area contributed by atoms with Crippen LogP contribution in [0.1, 0.15) is 16.8 Å². The van der Waals surface area contributed by atoms with Gasteiger partial charge in [-0.3, -0.25) is 4.79 Å². The third kappa shape index (κ3) is 3.49. The Kier molecular flexibility index (Phi) is 4.66. The van der Waals surface area contributed by atoms with E-state index >= 15 is 0 Å². The molecular formula is C17H16ClFN4O. The average Bonchev–Trinajstić information content (AvgIpc) is 2.57. The minimum absolute atomic E-state index is 0.00617. The van der Waals surface area contributed by atoms with Gasteiger partial charge in [-0.25, -0.2) is 9.37 Å². The largest absolute Gasteiger partial charge is 0.399 e. The summed E-state index contributed by atoms with van der Waals surface area (Å²) in [6.45, 7) is 0.673. The van der Waals surface area contributed by atoms with Crippen LogP contribution in [0, 0.1) is 5.82 Å². The number of nitrogens with one attached hydrogen (secondary N) is 1. The Labute approximate surface area is 143 Å². The van der Waals surface area contributed by atoms with Crippen molar-refractivity contribution < 1.29 is 9.18 Å². The van der Waals surface area contributed by atoms with Crippen molar-refractivity contribution in [3.05, 3.63) is 70.4 Å². The maximum Gasteiger partial charge on any atom is 0.257 e. The lowest BCUT2D eigenvalue weighted by Crippen LogP contribution is -2.40. The maximum atomic E-state index is 13.9. The van der Waals surface area contributed by atoms with E-state index in [1.54, 1.807) is 6.20 Å². The minimum atomic E-state index is -0.632.